The Morgan fingerprint density at radius 3 is 2.76 bits per heavy atom. The molecule has 116 valence electrons. The van der Waals surface area contributed by atoms with E-state index in [2.05, 4.69) is 4.72 Å². The summed E-state index contributed by atoms with van der Waals surface area (Å²) in [5.41, 5.74) is 0.657. The molecule has 0 aliphatic carbocycles. The maximum Gasteiger partial charge on any atom is 0.328 e. The second-order valence-corrected chi connectivity index (χ2v) is 6.44. The van der Waals surface area contributed by atoms with Crippen molar-refractivity contribution in [3.63, 3.8) is 0 Å². The number of sulfonamides is 1. The zero-order valence-electron chi connectivity index (χ0n) is 11.7. The third kappa shape index (κ3) is 6.50. The molecule has 1 rings (SSSR count). The van der Waals surface area contributed by atoms with Crippen LogP contribution in [-0.4, -0.2) is 25.2 Å². The topological polar surface area (TPSA) is 83.5 Å². The number of hydrogen-bond donors (Lipinski definition) is 2. The van der Waals surface area contributed by atoms with E-state index in [0.29, 0.717) is 12.0 Å². The van der Waals surface area contributed by atoms with Crippen molar-refractivity contribution in [3.8, 4) is 0 Å². The number of unbranched alkanes of at least 4 members (excludes halogenated alkanes) is 1. The van der Waals surface area contributed by atoms with Crippen LogP contribution in [0.15, 0.2) is 24.3 Å². The van der Waals surface area contributed by atoms with E-state index in [1.54, 1.807) is 0 Å². The number of nitrogens with one attached hydrogen (secondary N) is 1. The summed E-state index contributed by atoms with van der Waals surface area (Å²) in [5.74, 6) is -1.65. The number of carboxylic acids is 1. The van der Waals surface area contributed by atoms with E-state index in [0.717, 1.165) is 12.5 Å². The minimum Gasteiger partial charge on any atom is -0.478 e. The number of carboxylic acid groups (broad SMARTS) is 1. The Morgan fingerprint density at radius 1 is 1.43 bits per heavy atom. The summed E-state index contributed by atoms with van der Waals surface area (Å²) in [6, 6.07) is 4.01. The number of aliphatic carboxylic acids is 1. The molecule has 0 spiro atoms. The lowest BCUT2D eigenvalue weighted by Crippen LogP contribution is -2.26. The monoisotopic (exact) mass is 315 g/mol. The fourth-order valence-corrected chi connectivity index (χ4v) is 2.78. The zero-order valence-corrected chi connectivity index (χ0v) is 12.5. The van der Waals surface area contributed by atoms with Gasteiger partial charge in [0, 0.05) is 18.2 Å². The molecule has 0 aromatic heterocycles. The smallest absolute Gasteiger partial charge is 0.328 e. The van der Waals surface area contributed by atoms with Crippen molar-refractivity contribution < 1.29 is 22.7 Å². The first kappa shape index (κ1) is 17.3. The van der Waals surface area contributed by atoms with Crippen LogP contribution in [0.2, 0.25) is 0 Å². The van der Waals surface area contributed by atoms with Gasteiger partial charge in [-0.2, -0.15) is 0 Å². The van der Waals surface area contributed by atoms with E-state index >= 15 is 0 Å². The summed E-state index contributed by atoms with van der Waals surface area (Å²) in [6.07, 6.45) is 3.54. The number of benzene rings is 1. The lowest BCUT2D eigenvalue weighted by atomic mass is 10.1. The average Bonchev–Trinajstić information content (AvgIpc) is 2.43. The van der Waals surface area contributed by atoms with Crippen LogP contribution < -0.4 is 4.72 Å². The van der Waals surface area contributed by atoms with Crippen molar-refractivity contribution in [2.24, 2.45) is 0 Å². The molecule has 0 amide bonds. The quantitative estimate of drug-likeness (QED) is 0.720. The molecule has 0 fully saturated rings. The van der Waals surface area contributed by atoms with Gasteiger partial charge in [0.25, 0.3) is 0 Å². The normalized spacial score (nSPS) is 11.9. The van der Waals surface area contributed by atoms with Gasteiger partial charge >= 0.3 is 5.97 Å². The Morgan fingerprint density at radius 2 is 2.14 bits per heavy atom. The molecule has 0 heterocycles. The molecule has 0 aliphatic heterocycles. The highest BCUT2D eigenvalue weighted by molar-refractivity contribution is 7.89. The van der Waals surface area contributed by atoms with Gasteiger partial charge in [0.05, 0.1) is 5.75 Å². The summed E-state index contributed by atoms with van der Waals surface area (Å²) in [6.45, 7) is 1.72. The molecule has 0 aliphatic rings. The summed E-state index contributed by atoms with van der Waals surface area (Å²) in [4.78, 5) is 10.4. The predicted octanol–water partition coefficient (Wildman–Crippen LogP) is 2.14. The van der Waals surface area contributed by atoms with Gasteiger partial charge in [-0.1, -0.05) is 19.4 Å². The van der Waals surface area contributed by atoms with Crippen molar-refractivity contribution in [3.05, 3.63) is 41.2 Å². The van der Waals surface area contributed by atoms with Crippen LogP contribution >= 0.6 is 0 Å². The van der Waals surface area contributed by atoms with Crippen LogP contribution in [0.3, 0.4) is 0 Å². The molecule has 21 heavy (non-hydrogen) atoms. The SMILES string of the molecule is CCCCS(=O)(=O)NCc1cc(C=CC(=O)O)ccc1F. The largest absolute Gasteiger partial charge is 0.478 e. The lowest BCUT2D eigenvalue weighted by Gasteiger charge is -2.08. The van der Waals surface area contributed by atoms with Crippen LogP contribution in [0.1, 0.15) is 30.9 Å². The Kier molecular flexibility index (Phi) is 6.51. The van der Waals surface area contributed by atoms with E-state index in [1.807, 2.05) is 6.92 Å². The van der Waals surface area contributed by atoms with Crippen molar-refractivity contribution in [2.45, 2.75) is 26.3 Å². The maximum atomic E-state index is 13.6. The van der Waals surface area contributed by atoms with Gasteiger partial charge in [0.2, 0.25) is 10.0 Å². The second-order valence-electron chi connectivity index (χ2n) is 4.52. The van der Waals surface area contributed by atoms with Crippen LogP contribution in [0.25, 0.3) is 6.08 Å². The summed E-state index contributed by atoms with van der Waals surface area (Å²) in [5, 5.41) is 8.54. The Hall–Kier alpha value is -1.73. The lowest BCUT2D eigenvalue weighted by molar-refractivity contribution is -0.131. The van der Waals surface area contributed by atoms with Gasteiger partial charge in [0.1, 0.15) is 5.82 Å². The first-order chi connectivity index (χ1) is 9.84. The first-order valence-electron chi connectivity index (χ1n) is 6.51. The van der Waals surface area contributed by atoms with E-state index < -0.39 is 21.8 Å². The maximum absolute atomic E-state index is 13.6. The molecule has 7 heteroatoms. The Balaban J connectivity index is 2.79. The molecule has 5 nitrogen and oxygen atoms in total. The average molecular weight is 315 g/mol. The molecule has 0 saturated heterocycles. The molecule has 2 N–H and O–H groups in total. The second kappa shape index (κ2) is 7.90. The fraction of sp³-hybridized carbons (Fsp3) is 0.357. The van der Waals surface area contributed by atoms with Crippen LogP contribution in [-0.2, 0) is 21.4 Å². The molecule has 1 aromatic rings. The number of rotatable bonds is 8. The first-order valence-corrected chi connectivity index (χ1v) is 8.16. The van der Waals surface area contributed by atoms with Crippen LogP contribution in [0.4, 0.5) is 4.39 Å². The highest BCUT2D eigenvalue weighted by atomic mass is 32.2. The van der Waals surface area contributed by atoms with Gasteiger partial charge < -0.3 is 5.11 Å². The number of carbonyl (C=O) groups is 1. The molecule has 1 aromatic carbocycles. The van der Waals surface area contributed by atoms with Gasteiger partial charge in [-0.05, 0) is 30.2 Å². The molecular weight excluding hydrogens is 297 g/mol. The molecule has 0 radical (unpaired) electrons. The molecule has 0 atom stereocenters. The summed E-state index contributed by atoms with van der Waals surface area (Å²) >= 11 is 0. The van der Waals surface area contributed by atoms with E-state index in [4.69, 9.17) is 5.11 Å². The minimum atomic E-state index is -3.43. The van der Waals surface area contributed by atoms with Crippen LogP contribution in [0.5, 0.6) is 0 Å². The van der Waals surface area contributed by atoms with Crippen molar-refractivity contribution >= 4 is 22.1 Å². The fourth-order valence-electron chi connectivity index (χ4n) is 1.60. The summed E-state index contributed by atoms with van der Waals surface area (Å²) < 4.78 is 39.3. The van der Waals surface area contributed by atoms with Gasteiger partial charge in [-0.25, -0.2) is 22.3 Å². The van der Waals surface area contributed by atoms with E-state index in [9.17, 15) is 17.6 Å². The molecule has 0 unspecified atom stereocenters. The van der Waals surface area contributed by atoms with Crippen molar-refractivity contribution in [1.82, 2.24) is 4.72 Å². The van der Waals surface area contributed by atoms with Crippen molar-refractivity contribution in [2.75, 3.05) is 5.75 Å². The zero-order chi connectivity index (χ0) is 15.9. The Labute approximate surface area is 123 Å². The van der Waals surface area contributed by atoms with Gasteiger partial charge in [-0.15, -0.1) is 0 Å². The van der Waals surface area contributed by atoms with E-state index in [-0.39, 0.29) is 17.9 Å². The molecule has 0 saturated carbocycles. The third-order valence-electron chi connectivity index (χ3n) is 2.74. The number of halogens is 1. The number of hydrogen-bond acceptors (Lipinski definition) is 3. The van der Waals surface area contributed by atoms with Crippen molar-refractivity contribution in [1.29, 1.82) is 0 Å². The van der Waals surface area contributed by atoms with E-state index in [1.165, 1.54) is 24.3 Å². The predicted molar refractivity (Wildman–Crippen MR) is 78.6 cm³/mol. The molecular formula is C14H18FNO4S. The molecule has 0 bridgehead atoms. The highest BCUT2D eigenvalue weighted by Gasteiger charge is 2.11. The van der Waals surface area contributed by atoms with Crippen LogP contribution in [0, 0.1) is 5.82 Å². The minimum absolute atomic E-state index is 0.00370. The standard InChI is InChI=1S/C14H18FNO4S/c1-2-3-8-21(19,20)16-10-12-9-11(4-6-13(12)15)5-7-14(17)18/h4-7,9,16H,2-3,8,10H2,1H3,(H,17,18). The van der Waals surface area contributed by atoms with Gasteiger partial charge in [0.15, 0.2) is 0 Å². The summed E-state index contributed by atoms with van der Waals surface area (Å²) in [7, 11) is -3.43. The van der Waals surface area contributed by atoms with Gasteiger partial charge in [-0.3, -0.25) is 0 Å². The third-order valence-corrected chi connectivity index (χ3v) is 4.15. The Bertz CT molecular complexity index is 626. The highest BCUT2D eigenvalue weighted by Crippen LogP contribution is 2.12.